The zero-order valence-corrected chi connectivity index (χ0v) is 15.7. The first-order chi connectivity index (χ1) is 12.6. The van der Waals surface area contributed by atoms with Gasteiger partial charge in [-0.1, -0.05) is 18.2 Å². The maximum absolute atomic E-state index is 12.9. The van der Waals surface area contributed by atoms with Crippen molar-refractivity contribution in [2.24, 2.45) is 13.0 Å². The summed E-state index contributed by atoms with van der Waals surface area (Å²) in [6.07, 6.45) is 8.83. The number of fused-ring (bicyclic) bond motifs is 1. The molecule has 3 atom stereocenters. The fourth-order valence-electron chi connectivity index (χ4n) is 4.36. The Labute approximate surface area is 155 Å². The fourth-order valence-corrected chi connectivity index (χ4v) is 4.36. The molecule has 0 bridgehead atoms. The number of hydrogen-bond donors (Lipinski definition) is 2. The van der Waals surface area contributed by atoms with E-state index in [4.69, 9.17) is 0 Å². The van der Waals surface area contributed by atoms with Crippen LogP contribution in [0.1, 0.15) is 54.0 Å². The van der Waals surface area contributed by atoms with Gasteiger partial charge in [-0.05, 0) is 54.9 Å². The maximum Gasteiger partial charge on any atom is 0.225 e. The van der Waals surface area contributed by atoms with Crippen LogP contribution in [0.5, 0.6) is 0 Å². The second-order valence-electron chi connectivity index (χ2n) is 7.78. The lowest BCUT2D eigenvalue weighted by Gasteiger charge is -2.23. The van der Waals surface area contributed by atoms with Gasteiger partial charge in [0.1, 0.15) is 0 Å². The van der Waals surface area contributed by atoms with Gasteiger partial charge in [-0.25, -0.2) is 0 Å². The number of aryl methyl sites for hydroxylation is 3. The van der Waals surface area contributed by atoms with Crippen LogP contribution in [-0.2, 0) is 24.7 Å². The van der Waals surface area contributed by atoms with Crippen molar-refractivity contribution < 1.29 is 4.79 Å². The highest BCUT2D eigenvalue weighted by Gasteiger charge is 2.35. The zero-order chi connectivity index (χ0) is 18.1. The van der Waals surface area contributed by atoms with Crippen molar-refractivity contribution in [3.63, 3.8) is 0 Å². The van der Waals surface area contributed by atoms with Gasteiger partial charge in [0.2, 0.25) is 5.91 Å². The maximum atomic E-state index is 12.9. The highest BCUT2D eigenvalue weighted by atomic mass is 16.2. The number of aromatic nitrogens is 2. The number of carbonyl (C=O) groups excluding carboxylic acids is 1. The second kappa shape index (κ2) is 7.23. The van der Waals surface area contributed by atoms with Crippen molar-refractivity contribution in [1.29, 1.82) is 0 Å². The van der Waals surface area contributed by atoms with Crippen LogP contribution in [0.4, 0.5) is 0 Å². The quantitative estimate of drug-likeness (QED) is 0.889. The van der Waals surface area contributed by atoms with Crippen molar-refractivity contribution in [2.75, 3.05) is 13.1 Å². The Hall–Kier alpha value is -2.14. The number of rotatable bonds is 4. The summed E-state index contributed by atoms with van der Waals surface area (Å²) in [5.74, 6) is 0.285. The van der Waals surface area contributed by atoms with Crippen molar-refractivity contribution in [1.82, 2.24) is 20.4 Å². The van der Waals surface area contributed by atoms with E-state index in [0.717, 1.165) is 18.7 Å². The Morgan fingerprint density at radius 3 is 2.85 bits per heavy atom. The minimum absolute atomic E-state index is 0.0323. The molecule has 1 aromatic heterocycles. The molecular formula is C21H28N4O. The zero-order valence-electron chi connectivity index (χ0n) is 15.7. The van der Waals surface area contributed by atoms with Crippen LogP contribution in [-0.4, -0.2) is 28.8 Å². The Bertz CT molecular complexity index is 797. The predicted octanol–water partition coefficient (Wildman–Crippen LogP) is 2.48. The Morgan fingerprint density at radius 1 is 1.27 bits per heavy atom. The van der Waals surface area contributed by atoms with Crippen LogP contribution in [0.2, 0.25) is 0 Å². The van der Waals surface area contributed by atoms with E-state index in [9.17, 15) is 4.79 Å². The molecule has 1 aliphatic heterocycles. The molecule has 1 saturated heterocycles. The Balaban J connectivity index is 1.45. The lowest BCUT2D eigenvalue weighted by Crippen LogP contribution is -2.36. The number of benzene rings is 1. The monoisotopic (exact) mass is 352 g/mol. The van der Waals surface area contributed by atoms with E-state index in [2.05, 4.69) is 40.9 Å². The molecule has 2 aliphatic rings. The number of nitrogens with one attached hydrogen (secondary N) is 2. The van der Waals surface area contributed by atoms with Crippen LogP contribution in [0.3, 0.4) is 0 Å². The molecule has 26 heavy (non-hydrogen) atoms. The number of nitrogens with zero attached hydrogens (tertiary/aromatic N) is 2. The third kappa shape index (κ3) is 3.40. The molecule has 1 unspecified atom stereocenters. The summed E-state index contributed by atoms with van der Waals surface area (Å²) in [7, 11) is 1.92. The first-order valence-corrected chi connectivity index (χ1v) is 9.73. The van der Waals surface area contributed by atoms with Gasteiger partial charge in [0.15, 0.2) is 0 Å². The van der Waals surface area contributed by atoms with E-state index in [1.807, 2.05) is 19.4 Å². The molecule has 0 spiro atoms. The smallest absolute Gasteiger partial charge is 0.225 e. The molecule has 2 heterocycles. The van der Waals surface area contributed by atoms with Gasteiger partial charge in [0.25, 0.3) is 0 Å². The van der Waals surface area contributed by atoms with Crippen LogP contribution < -0.4 is 10.6 Å². The normalized spacial score (nSPS) is 23.5. The summed E-state index contributed by atoms with van der Waals surface area (Å²) >= 11 is 0. The Kier molecular flexibility index (Phi) is 4.81. The van der Waals surface area contributed by atoms with Crippen LogP contribution in [0.15, 0.2) is 30.6 Å². The summed E-state index contributed by atoms with van der Waals surface area (Å²) in [5, 5.41) is 10.9. The molecule has 2 aromatic rings. The van der Waals surface area contributed by atoms with Gasteiger partial charge < -0.3 is 10.6 Å². The van der Waals surface area contributed by atoms with Gasteiger partial charge in [0.05, 0.1) is 18.2 Å². The van der Waals surface area contributed by atoms with Crippen LogP contribution >= 0.6 is 0 Å². The summed E-state index contributed by atoms with van der Waals surface area (Å²) in [6, 6.07) is 6.76. The lowest BCUT2D eigenvalue weighted by atomic mass is 9.88. The number of hydrogen-bond acceptors (Lipinski definition) is 3. The van der Waals surface area contributed by atoms with Gasteiger partial charge in [-0.3, -0.25) is 9.48 Å². The fraction of sp³-hybridized carbons (Fsp3) is 0.524. The highest BCUT2D eigenvalue weighted by molar-refractivity contribution is 5.81. The molecule has 1 amide bonds. The summed E-state index contributed by atoms with van der Waals surface area (Å²) < 4.78 is 1.80. The second-order valence-corrected chi connectivity index (χ2v) is 7.78. The number of amides is 1. The molecule has 1 fully saturated rings. The van der Waals surface area contributed by atoms with Gasteiger partial charge >= 0.3 is 0 Å². The molecule has 1 aromatic carbocycles. The van der Waals surface area contributed by atoms with Crippen molar-refractivity contribution >= 4 is 5.91 Å². The topological polar surface area (TPSA) is 59.0 Å². The van der Waals surface area contributed by atoms with Crippen LogP contribution in [0, 0.1) is 5.92 Å². The highest BCUT2D eigenvalue weighted by Crippen LogP contribution is 2.29. The molecule has 2 N–H and O–H groups in total. The molecule has 5 nitrogen and oxygen atoms in total. The average Bonchev–Trinajstić information content (AvgIpc) is 3.30. The van der Waals surface area contributed by atoms with E-state index in [0.29, 0.717) is 0 Å². The first kappa shape index (κ1) is 17.3. The molecule has 0 saturated carbocycles. The number of carbonyl (C=O) groups is 1. The molecule has 5 heteroatoms. The summed E-state index contributed by atoms with van der Waals surface area (Å²) in [5.41, 5.74) is 5.29. The molecule has 138 valence electrons. The first-order valence-electron chi connectivity index (χ1n) is 9.73. The van der Waals surface area contributed by atoms with Crippen molar-refractivity contribution in [2.45, 2.75) is 44.6 Å². The van der Waals surface area contributed by atoms with E-state index in [-0.39, 0.29) is 23.8 Å². The van der Waals surface area contributed by atoms with E-state index < -0.39 is 0 Å². The predicted molar refractivity (Wildman–Crippen MR) is 102 cm³/mol. The van der Waals surface area contributed by atoms with Gasteiger partial charge in [-0.2, -0.15) is 5.10 Å². The average molecular weight is 352 g/mol. The lowest BCUT2D eigenvalue weighted by molar-refractivity contribution is -0.125. The molecule has 1 aliphatic carbocycles. The van der Waals surface area contributed by atoms with Crippen molar-refractivity contribution in [3.05, 3.63) is 52.8 Å². The largest absolute Gasteiger partial charge is 0.349 e. The van der Waals surface area contributed by atoms with E-state index in [1.54, 1.807) is 4.68 Å². The Morgan fingerprint density at radius 2 is 2.08 bits per heavy atom. The van der Waals surface area contributed by atoms with Gasteiger partial charge in [-0.15, -0.1) is 0 Å². The summed E-state index contributed by atoms with van der Waals surface area (Å²) in [6.45, 7) is 3.64. The van der Waals surface area contributed by atoms with Crippen molar-refractivity contribution in [3.8, 4) is 0 Å². The standard InChI is InChI=1S/C21H28N4O/c1-14(16-8-7-15-5-3-4-6-17(15)9-16)24-21(26)20-12-22-11-19(20)18-10-23-25(2)13-18/h7-10,13-14,19-20,22H,3-6,11-12H2,1-2H3,(H,24,26)/t14?,19-,20+/m1/s1. The minimum atomic E-state index is -0.0423. The molecule has 0 radical (unpaired) electrons. The molecule has 4 rings (SSSR count). The van der Waals surface area contributed by atoms with E-state index >= 15 is 0 Å². The SMILES string of the molecule is CC(NC(=O)[C@H]1CNC[C@@H]1c1cnn(C)c1)c1ccc2c(c1)CCCC2. The van der Waals surface area contributed by atoms with E-state index in [1.165, 1.54) is 42.4 Å². The third-order valence-electron chi connectivity index (χ3n) is 5.94. The summed E-state index contributed by atoms with van der Waals surface area (Å²) in [4.78, 5) is 12.9. The molecular weight excluding hydrogens is 324 g/mol. The third-order valence-corrected chi connectivity index (χ3v) is 5.94. The van der Waals surface area contributed by atoms with Crippen LogP contribution in [0.25, 0.3) is 0 Å². The minimum Gasteiger partial charge on any atom is -0.349 e. The van der Waals surface area contributed by atoms with Gasteiger partial charge in [0, 0.05) is 32.3 Å².